The van der Waals surface area contributed by atoms with Crippen LogP contribution in [-0.4, -0.2) is 34.4 Å². The highest BCUT2D eigenvalue weighted by molar-refractivity contribution is 5.76. The number of benzene rings is 1. The van der Waals surface area contributed by atoms with Crippen molar-refractivity contribution in [1.82, 2.24) is 14.9 Å². The number of amides is 1. The van der Waals surface area contributed by atoms with Gasteiger partial charge in [-0.1, -0.05) is 39.8 Å². The number of nitrogens with one attached hydrogen (secondary N) is 1. The number of carbonyl (C=O) groups is 1. The first-order chi connectivity index (χ1) is 13.7. The van der Waals surface area contributed by atoms with E-state index in [-0.39, 0.29) is 16.9 Å². The third kappa shape index (κ3) is 5.25. The number of methoxy groups -OCH3 is 1. The molecule has 0 radical (unpaired) electrons. The fourth-order valence-corrected chi connectivity index (χ4v) is 4.09. The summed E-state index contributed by atoms with van der Waals surface area (Å²) in [5, 5.41) is 0. The lowest BCUT2D eigenvalue weighted by molar-refractivity contribution is -0.133. The zero-order chi connectivity index (χ0) is 21.2. The second-order valence-electron chi connectivity index (χ2n) is 9.21. The lowest BCUT2D eigenvalue weighted by atomic mass is 9.84. The molecule has 2 heterocycles. The van der Waals surface area contributed by atoms with Gasteiger partial charge in [0, 0.05) is 24.9 Å². The first kappa shape index (κ1) is 21.1. The molecule has 156 valence electrons. The van der Waals surface area contributed by atoms with Gasteiger partial charge < -0.3 is 14.6 Å². The maximum Gasteiger partial charge on any atom is 0.256 e. The van der Waals surface area contributed by atoms with Crippen LogP contribution in [0, 0.1) is 11.3 Å². The van der Waals surface area contributed by atoms with Crippen LogP contribution in [-0.2, 0) is 17.8 Å². The minimum absolute atomic E-state index is 0.115. The number of carbonyl (C=O) groups excluding carboxylic acids is 1. The Morgan fingerprint density at radius 2 is 2.10 bits per heavy atom. The molecule has 1 aromatic carbocycles. The van der Waals surface area contributed by atoms with Crippen LogP contribution in [0.3, 0.4) is 0 Å². The fourth-order valence-electron chi connectivity index (χ4n) is 4.09. The Morgan fingerprint density at radius 3 is 2.79 bits per heavy atom. The first-order valence-electron chi connectivity index (χ1n) is 10.2. The SMILES string of the molecule is COc1cccc(-c2nc3c(c(=O)[nH]2)CN(C(=O)CC(C)CC(C)(C)C)CC3)c1. The maximum atomic E-state index is 12.8. The Kier molecular flexibility index (Phi) is 6.10. The van der Waals surface area contributed by atoms with Crippen LogP contribution in [0.4, 0.5) is 0 Å². The van der Waals surface area contributed by atoms with E-state index in [2.05, 4.69) is 37.7 Å². The van der Waals surface area contributed by atoms with Gasteiger partial charge >= 0.3 is 0 Å². The highest BCUT2D eigenvalue weighted by Gasteiger charge is 2.26. The highest BCUT2D eigenvalue weighted by Crippen LogP contribution is 2.27. The Labute approximate surface area is 172 Å². The van der Waals surface area contributed by atoms with E-state index in [1.165, 1.54) is 0 Å². The van der Waals surface area contributed by atoms with Crippen molar-refractivity contribution in [3.63, 3.8) is 0 Å². The molecule has 0 fully saturated rings. The Bertz CT molecular complexity index is 943. The lowest BCUT2D eigenvalue weighted by Gasteiger charge is -2.30. The molecule has 1 unspecified atom stereocenters. The lowest BCUT2D eigenvalue weighted by Crippen LogP contribution is -2.40. The zero-order valence-corrected chi connectivity index (χ0v) is 18.0. The monoisotopic (exact) mass is 397 g/mol. The van der Waals surface area contributed by atoms with Crippen molar-refractivity contribution in [3.05, 3.63) is 45.9 Å². The van der Waals surface area contributed by atoms with E-state index in [9.17, 15) is 9.59 Å². The molecular weight excluding hydrogens is 366 g/mol. The molecule has 1 atom stereocenters. The number of aromatic amines is 1. The van der Waals surface area contributed by atoms with Crippen LogP contribution in [0.1, 0.15) is 51.8 Å². The Balaban J connectivity index is 1.76. The molecule has 6 heteroatoms. The van der Waals surface area contributed by atoms with Gasteiger partial charge in [0.15, 0.2) is 0 Å². The van der Waals surface area contributed by atoms with Crippen molar-refractivity contribution in [3.8, 4) is 17.1 Å². The van der Waals surface area contributed by atoms with Crippen LogP contribution in [0.15, 0.2) is 29.1 Å². The number of hydrogen-bond acceptors (Lipinski definition) is 4. The molecule has 0 saturated heterocycles. The smallest absolute Gasteiger partial charge is 0.256 e. The summed E-state index contributed by atoms with van der Waals surface area (Å²) in [6, 6.07) is 7.46. The van der Waals surface area contributed by atoms with Crippen molar-refractivity contribution < 1.29 is 9.53 Å². The van der Waals surface area contributed by atoms with Gasteiger partial charge in [-0.15, -0.1) is 0 Å². The summed E-state index contributed by atoms with van der Waals surface area (Å²) in [7, 11) is 1.61. The summed E-state index contributed by atoms with van der Waals surface area (Å²) < 4.78 is 5.26. The van der Waals surface area contributed by atoms with Gasteiger partial charge in [0.2, 0.25) is 5.91 Å². The van der Waals surface area contributed by atoms with Crippen molar-refractivity contribution in [2.45, 2.75) is 53.5 Å². The van der Waals surface area contributed by atoms with Gasteiger partial charge in [-0.25, -0.2) is 4.98 Å². The summed E-state index contributed by atoms with van der Waals surface area (Å²) in [6.45, 7) is 9.62. The minimum Gasteiger partial charge on any atom is -0.497 e. The number of hydrogen-bond donors (Lipinski definition) is 1. The molecule has 1 aliphatic heterocycles. The molecule has 1 amide bonds. The molecule has 3 rings (SSSR count). The number of aromatic nitrogens is 2. The first-order valence-corrected chi connectivity index (χ1v) is 10.2. The van der Waals surface area contributed by atoms with Crippen LogP contribution >= 0.6 is 0 Å². The van der Waals surface area contributed by atoms with E-state index in [4.69, 9.17) is 4.74 Å². The van der Waals surface area contributed by atoms with Crippen LogP contribution in [0.5, 0.6) is 5.75 Å². The third-order valence-corrected chi connectivity index (χ3v) is 5.25. The van der Waals surface area contributed by atoms with E-state index in [1.54, 1.807) is 12.0 Å². The van der Waals surface area contributed by atoms with E-state index in [0.717, 1.165) is 17.7 Å². The predicted octanol–water partition coefficient (Wildman–Crippen LogP) is 3.79. The molecule has 1 aromatic heterocycles. The molecule has 2 aromatic rings. The van der Waals surface area contributed by atoms with Gasteiger partial charge in [-0.3, -0.25) is 9.59 Å². The van der Waals surface area contributed by atoms with Crippen molar-refractivity contribution >= 4 is 5.91 Å². The largest absolute Gasteiger partial charge is 0.497 e. The van der Waals surface area contributed by atoms with Gasteiger partial charge in [0.05, 0.1) is 24.9 Å². The molecular formula is C23H31N3O3. The second kappa shape index (κ2) is 8.39. The number of nitrogens with zero attached hydrogens (tertiary/aromatic N) is 2. The molecule has 0 saturated carbocycles. The average molecular weight is 398 g/mol. The number of H-pyrrole nitrogens is 1. The quantitative estimate of drug-likeness (QED) is 0.833. The van der Waals surface area contributed by atoms with Gasteiger partial charge in [0.25, 0.3) is 5.56 Å². The zero-order valence-electron chi connectivity index (χ0n) is 18.0. The molecule has 29 heavy (non-hydrogen) atoms. The molecule has 6 nitrogen and oxygen atoms in total. The minimum atomic E-state index is -0.173. The predicted molar refractivity (Wildman–Crippen MR) is 114 cm³/mol. The molecule has 0 aliphatic carbocycles. The summed E-state index contributed by atoms with van der Waals surface area (Å²) >= 11 is 0. The molecule has 0 spiro atoms. The molecule has 0 bridgehead atoms. The number of rotatable bonds is 5. The summed E-state index contributed by atoms with van der Waals surface area (Å²) in [4.78, 5) is 34.8. The van der Waals surface area contributed by atoms with Gasteiger partial charge in [-0.2, -0.15) is 0 Å². The highest BCUT2D eigenvalue weighted by atomic mass is 16.5. The van der Waals surface area contributed by atoms with Gasteiger partial charge in [-0.05, 0) is 29.9 Å². The van der Waals surface area contributed by atoms with Crippen LogP contribution in [0.2, 0.25) is 0 Å². The second-order valence-corrected chi connectivity index (χ2v) is 9.21. The average Bonchev–Trinajstić information content (AvgIpc) is 2.66. The summed E-state index contributed by atoms with van der Waals surface area (Å²) in [6.07, 6.45) is 2.10. The molecule has 1 aliphatic rings. The van der Waals surface area contributed by atoms with Gasteiger partial charge in [0.1, 0.15) is 11.6 Å². The standard InChI is InChI=1S/C23H31N3O3/c1-15(13-23(2,3)4)11-20(27)26-10-9-19-18(14-26)22(28)25-21(24-19)16-7-6-8-17(12-16)29-5/h6-8,12,15H,9-11,13-14H2,1-5H3,(H,24,25,28). The summed E-state index contributed by atoms with van der Waals surface area (Å²) in [5.41, 5.74) is 2.20. The van der Waals surface area contributed by atoms with Crippen LogP contribution in [0.25, 0.3) is 11.4 Å². The van der Waals surface area contributed by atoms with E-state index in [1.807, 2.05) is 24.3 Å². The van der Waals surface area contributed by atoms with E-state index < -0.39 is 0 Å². The third-order valence-electron chi connectivity index (χ3n) is 5.25. The Hall–Kier alpha value is -2.63. The number of fused-ring (bicyclic) bond motifs is 1. The van der Waals surface area contributed by atoms with Crippen molar-refractivity contribution in [2.24, 2.45) is 11.3 Å². The van der Waals surface area contributed by atoms with Crippen molar-refractivity contribution in [2.75, 3.05) is 13.7 Å². The van der Waals surface area contributed by atoms with E-state index in [0.29, 0.717) is 49.0 Å². The molecule has 1 N–H and O–H groups in total. The summed E-state index contributed by atoms with van der Waals surface area (Å²) in [5.74, 6) is 1.68. The number of ether oxygens (including phenoxy) is 1. The fraction of sp³-hybridized carbons (Fsp3) is 0.522. The Morgan fingerprint density at radius 1 is 1.34 bits per heavy atom. The van der Waals surface area contributed by atoms with Crippen molar-refractivity contribution in [1.29, 1.82) is 0 Å². The van der Waals surface area contributed by atoms with E-state index >= 15 is 0 Å². The van der Waals surface area contributed by atoms with Crippen LogP contribution < -0.4 is 10.3 Å². The normalized spacial score (nSPS) is 15.0. The maximum absolute atomic E-state index is 12.8. The topological polar surface area (TPSA) is 75.3 Å².